The number of hydrogen-bond acceptors (Lipinski definition) is 3. The number of piperazine rings is 1. The zero-order valence-electron chi connectivity index (χ0n) is 12.1. The zero-order chi connectivity index (χ0) is 13.5. The molecule has 0 aromatic heterocycles. The Balaban J connectivity index is 1.65. The fraction of sp³-hybridized carbons (Fsp3) is 0.625. The Kier molecular flexibility index (Phi) is 5.67. The Morgan fingerprint density at radius 2 is 1.74 bits per heavy atom. The van der Waals surface area contributed by atoms with Gasteiger partial charge in [-0.15, -0.1) is 0 Å². The lowest BCUT2D eigenvalue weighted by atomic mass is 10.1. The van der Waals surface area contributed by atoms with Crippen LogP contribution in [0.5, 0.6) is 0 Å². The average Bonchev–Trinajstić information content (AvgIpc) is 2.45. The molecule has 1 fully saturated rings. The van der Waals surface area contributed by atoms with Crippen LogP contribution in [0.15, 0.2) is 30.3 Å². The second-order valence-corrected chi connectivity index (χ2v) is 5.64. The van der Waals surface area contributed by atoms with Gasteiger partial charge in [-0.1, -0.05) is 24.6 Å². The van der Waals surface area contributed by atoms with E-state index in [1.165, 1.54) is 38.2 Å². The van der Waals surface area contributed by atoms with Crippen molar-refractivity contribution in [2.75, 3.05) is 37.6 Å². The van der Waals surface area contributed by atoms with Gasteiger partial charge in [0.25, 0.3) is 0 Å². The van der Waals surface area contributed by atoms with Crippen LogP contribution in [-0.2, 0) is 0 Å². The van der Waals surface area contributed by atoms with Crippen molar-refractivity contribution in [3.05, 3.63) is 30.3 Å². The van der Waals surface area contributed by atoms with Crippen LogP contribution >= 0.6 is 0 Å². The van der Waals surface area contributed by atoms with Gasteiger partial charge in [-0.25, -0.2) is 0 Å². The van der Waals surface area contributed by atoms with Gasteiger partial charge in [-0.3, -0.25) is 4.90 Å². The summed E-state index contributed by atoms with van der Waals surface area (Å²) in [5.41, 5.74) is 7.13. The van der Waals surface area contributed by atoms with Crippen LogP contribution in [0.2, 0.25) is 0 Å². The van der Waals surface area contributed by atoms with Crippen LogP contribution in [0.1, 0.15) is 26.2 Å². The maximum atomic E-state index is 5.77. The molecule has 3 nitrogen and oxygen atoms in total. The van der Waals surface area contributed by atoms with Crippen molar-refractivity contribution in [2.24, 2.45) is 5.73 Å². The first-order chi connectivity index (χ1) is 9.25. The van der Waals surface area contributed by atoms with Crippen LogP contribution in [0.4, 0.5) is 5.69 Å². The van der Waals surface area contributed by atoms with Gasteiger partial charge in [0.2, 0.25) is 0 Å². The Morgan fingerprint density at radius 3 is 2.37 bits per heavy atom. The Morgan fingerprint density at radius 1 is 1.05 bits per heavy atom. The van der Waals surface area contributed by atoms with Crippen LogP contribution in [-0.4, -0.2) is 43.7 Å². The molecular weight excluding hydrogens is 234 g/mol. The first-order valence-corrected chi connectivity index (χ1v) is 7.53. The molecule has 19 heavy (non-hydrogen) atoms. The average molecular weight is 261 g/mol. The molecule has 0 saturated carbocycles. The van der Waals surface area contributed by atoms with Gasteiger partial charge in [0.15, 0.2) is 0 Å². The van der Waals surface area contributed by atoms with Crippen molar-refractivity contribution in [2.45, 2.75) is 32.2 Å². The summed E-state index contributed by atoms with van der Waals surface area (Å²) in [6.45, 7) is 8.00. The highest BCUT2D eigenvalue weighted by molar-refractivity contribution is 5.46. The molecule has 0 aliphatic carbocycles. The summed E-state index contributed by atoms with van der Waals surface area (Å²) >= 11 is 0. The number of benzene rings is 1. The van der Waals surface area contributed by atoms with Gasteiger partial charge in [0.1, 0.15) is 0 Å². The first kappa shape index (κ1) is 14.4. The minimum absolute atomic E-state index is 0.356. The minimum atomic E-state index is 0.356. The van der Waals surface area contributed by atoms with Crippen molar-refractivity contribution < 1.29 is 0 Å². The lowest BCUT2D eigenvalue weighted by molar-refractivity contribution is 0.251. The monoisotopic (exact) mass is 261 g/mol. The van der Waals surface area contributed by atoms with E-state index in [-0.39, 0.29) is 0 Å². The number of nitrogens with zero attached hydrogens (tertiary/aromatic N) is 2. The predicted molar refractivity (Wildman–Crippen MR) is 82.6 cm³/mol. The van der Waals surface area contributed by atoms with Gasteiger partial charge in [-0.05, 0) is 38.4 Å². The smallest absolute Gasteiger partial charge is 0.0367 e. The Hall–Kier alpha value is -1.06. The number of para-hydroxylation sites is 1. The van der Waals surface area contributed by atoms with E-state index in [2.05, 4.69) is 47.1 Å². The third-order valence-electron chi connectivity index (χ3n) is 3.88. The maximum Gasteiger partial charge on any atom is 0.0367 e. The van der Waals surface area contributed by atoms with Crippen molar-refractivity contribution in [3.63, 3.8) is 0 Å². The molecule has 1 aromatic rings. The molecule has 0 spiro atoms. The Labute approximate surface area is 117 Å². The quantitative estimate of drug-likeness (QED) is 0.798. The number of hydrogen-bond donors (Lipinski definition) is 1. The van der Waals surface area contributed by atoms with Crippen molar-refractivity contribution >= 4 is 5.69 Å². The molecule has 1 aromatic carbocycles. The van der Waals surface area contributed by atoms with E-state index in [9.17, 15) is 0 Å². The topological polar surface area (TPSA) is 32.5 Å². The Bertz CT molecular complexity index is 342. The summed E-state index contributed by atoms with van der Waals surface area (Å²) in [6, 6.07) is 11.1. The number of anilines is 1. The molecule has 0 amide bonds. The third kappa shape index (κ3) is 4.84. The second kappa shape index (κ2) is 7.51. The molecule has 3 heteroatoms. The predicted octanol–water partition coefficient (Wildman–Crippen LogP) is 2.33. The maximum absolute atomic E-state index is 5.77. The summed E-state index contributed by atoms with van der Waals surface area (Å²) < 4.78 is 0. The van der Waals surface area contributed by atoms with Crippen LogP contribution in [0.3, 0.4) is 0 Å². The van der Waals surface area contributed by atoms with Crippen LogP contribution in [0, 0.1) is 0 Å². The number of rotatable bonds is 6. The number of unbranched alkanes of at least 4 members (excludes halogenated alkanes) is 1. The summed E-state index contributed by atoms with van der Waals surface area (Å²) in [7, 11) is 0. The van der Waals surface area contributed by atoms with Gasteiger partial charge < -0.3 is 10.6 Å². The normalized spacial score (nSPS) is 18.5. The van der Waals surface area contributed by atoms with E-state index in [1.807, 2.05) is 0 Å². The fourth-order valence-corrected chi connectivity index (χ4v) is 2.67. The van der Waals surface area contributed by atoms with Gasteiger partial charge in [-0.2, -0.15) is 0 Å². The summed E-state index contributed by atoms with van der Waals surface area (Å²) in [5, 5.41) is 0. The van der Waals surface area contributed by atoms with Crippen molar-refractivity contribution in [1.29, 1.82) is 0 Å². The molecule has 1 aliphatic heterocycles. The molecule has 106 valence electrons. The SMILES string of the molecule is CC(N)CCCCN1CCN(c2ccccc2)CC1. The van der Waals surface area contributed by atoms with Crippen LogP contribution in [0.25, 0.3) is 0 Å². The molecule has 1 aliphatic rings. The van der Waals surface area contributed by atoms with Gasteiger partial charge >= 0.3 is 0 Å². The largest absolute Gasteiger partial charge is 0.369 e. The zero-order valence-corrected chi connectivity index (χ0v) is 12.1. The second-order valence-electron chi connectivity index (χ2n) is 5.64. The van der Waals surface area contributed by atoms with E-state index in [0.717, 1.165) is 19.5 Å². The van der Waals surface area contributed by atoms with E-state index < -0.39 is 0 Å². The van der Waals surface area contributed by atoms with Crippen molar-refractivity contribution in [3.8, 4) is 0 Å². The van der Waals surface area contributed by atoms with E-state index in [4.69, 9.17) is 5.73 Å². The summed E-state index contributed by atoms with van der Waals surface area (Å²) in [6.07, 6.45) is 3.70. The highest BCUT2D eigenvalue weighted by Gasteiger charge is 2.16. The molecule has 1 heterocycles. The lowest BCUT2D eigenvalue weighted by Crippen LogP contribution is -2.46. The lowest BCUT2D eigenvalue weighted by Gasteiger charge is -2.36. The van der Waals surface area contributed by atoms with Crippen LogP contribution < -0.4 is 10.6 Å². The third-order valence-corrected chi connectivity index (χ3v) is 3.88. The summed E-state index contributed by atoms with van der Waals surface area (Å²) in [5.74, 6) is 0. The highest BCUT2D eigenvalue weighted by atomic mass is 15.3. The molecule has 2 N–H and O–H groups in total. The molecule has 0 bridgehead atoms. The molecule has 1 saturated heterocycles. The minimum Gasteiger partial charge on any atom is -0.369 e. The van der Waals surface area contributed by atoms with E-state index in [0.29, 0.717) is 6.04 Å². The summed E-state index contributed by atoms with van der Waals surface area (Å²) in [4.78, 5) is 5.07. The number of nitrogens with two attached hydrogens (primary N) is 1. The van der Waals surface area contributed by atoms with Gasteiger partial charge in [0.05, 0.1) is 0 Å². The molecular formula is C16H27N3. The fourth-order valence-electron chi connectivity index (χ4n) is 2.67. The molecule has 2 rings (SSSR count). The van der Waals surface area contributed by atoms with E-state index >= 15 is 0 Å². The van der Waals surface area contributed by atoms with Crippen molar-refractivity contribution in [1.82, 2.24) is 4.90 Å². The molecule has 1 unspecified atom stereocenters. The molecule has 0 radical (unpaired) electrons. The molecule has 1 atom stereocenters. The van der Waals surface area contributed by atoms with Gasteiger partial charge in [0, 0.05) is 37.9 Å². The standard InChI is InChI=1S/C16H27N3/c1-15(17)7-5-6-10-18-11-13-19(14-12-18)16-8-3-2-4-9-16/h2-4,8-9,15H,5-7,10-14,17H2,1H3. The highest BCUT2D eigenvalue weighted by Crippen LogP contribution is 2.15. The van der Waals surface area contributed by atoms with E-state index in [1.54, 1.807) is 0 Å². The first-order valence-electron chi connectivity index (χ1n) is 7.53.